The lowest BCUT2D eigenvalue weighted by molar-refractivity contribution is -0.447. The van der Waals surface area contributed by atoms with Crippen molar-refractivity contribution in [2.75, 3.05) is 4.90 Å². The number of halogens is 12. The molecule has 0 amide bonds. The maximum atomic E-state index is 15.6. The lowest BCUT2D eigenvalue weighted by Gasteiger charge is -2.60. The number of furan rings is 1. The minimum absolute atomic E-state index is 0.157. The molecule has 2 aromatic carbocycles. The average molecular weight is 880 g/mol. The third kappa shape index (κ3) is 8.21. The van der Waals surface area contributed by atoms with Gasteiger partial charge in [-0.2, -0.15) is 0 Å². The molecular formula is C37H21F12N3O5S2. The van der Waals surface area contributed by atoms with Gasteiger partial charge in [-0.3, -0.25) is 14.5 Å². The highest BCUT2D eigenvalue weighted by molar-refractivity contribution is 7.10. The van der Waals surface area contributed by atoms with E-state index in [1.807, 2.05) is 0 Å². The maximum absolute atomic E-state index is 15.6. The standard InChI is InChI=1S/C37H21F12N3O5S2/c38-34(39,40)54-23-14-13-21(20-25(23)55-35(41,42)43)30-28(24-10-6-17-53-24)29(26-11-7-18-58-26)32(56-36(44,45)46,31-51-16-19-59-31)33(57-37(47,48)49,27-12-4-5-15-50-27)52(30)22-8-2-1-3-9-22/h1-20,29H. The van der Waals surface area contributed by atoms with E-state index in [2.05, 4.69) is 19.4 Å². The van der Waals surface area contributed by atoms with Crippen molar-refractivity contribution in [2.24, 2.45) is 0 Å². The minimum Gasteiger partial charge on any atom is -0.465 e. The van der Waals surface area contributed by atoms with Gasteiger partial charge >= 0.3 is 25.4 Å². The summed E-state index contributed by atoms with van der Waals surface area (Å²) in [6.07, 6.45) is -20.0. The van der Waals surface area contributed by atoms with E-state index in [0.29, 0.717) is 28.4 Å². The third-order valence-electron chi connectivity index (χ3n) is 8.59. The summed E-state index contributed by atoms with van der Waals surface area (Å²) in [5.74, 6) is -5.74. The van der Waals surface area contributed by atoms with Gasteiger partial charge in [-0.25, -0.2) is 4.98 Å². The summed E-state index contributed by atoms with van der Waals surface area (Å²) in [4.78, 5) is 8.66. The van der Waals surface area contributed by atoms with E-state index >= 15 is 26.3 Å². The first-order valence-electron chi connectivity index (χ1n) is 16.4. The molecule has 22 heteroatoms. The summed E-state index contributed by atoms with van der Waals surface area (Å²) in [5.41, 5.74) is -10.6. The summed E-state index contributed by atoms with van der Waals surface area (Å²) in [6, 6.07) is 16.1. The molecule has 0 saturated carbocycles. The number of aromatic nitrogens is 2. The van der Waals surface area contributed by atoms with Crippen molar-refractivity contribution in [3.63, 3.8) is 0 Å². The van der Waals surface area contributed by atoms with Crippen LogP contribution in [0.25, 0.3) is 11.3 Å². The Bertz CT molecular complexity index is 2370. The zero-order chi connectivity index (χ0) is 42.4. The Morgan fingerprint density at radius 3 is 1.88 bits per heavy atom. The van der Waals surface area contributed by atoms with Gasteiger partial charge in [-0.05, 0) is 66.0 Å². The van der Waals surface area contributed by atoms with Crippen molar-refractivity contribution in [3.8, 4) is 11.5 Å². The Labute approximate surface area is 331 Å². The number of alkyl halides is 12. The number of thiazole rings is 1. The number of pyridine rings is 1. The fourth-order valence-corrected chi connectivity index (χ4v) is 8.69. The Hall–Kier alpha value is -5.58. The lowest BCUT2D eigenvalue weighted by Crippen LogP contribution is -2.69. The number of rotatable bonds is 10. The topological polar surface area (TPSA) is 79.1 Å². The summed E-state index contributed by atoms with van der Waals surface area (Å²) < 4.78 is 199. The Morgan fingerprint density at radius 1 is 0.627 bits per heavy atom. The molecule has 3 atom stereocenters. The fourth-order valence-electron chi connectivity index (χ4n) is 6.95. The predicted molar refractivity (Wildman–Crippen MR) is 185 cm³/mol. The average Bonchev–Trinajstić information content (AvgIpc) is 3.96. The van der Waals surface area contributed by atoms with Crippen LogP contribution in [0.4, 0.5) is 58.4 Å². The van der Waals surface area contributed by atoms with E-state index in [-0.39, 0.29) is 10.6 Å². The molecule has 0 aliphatic carbocycles. The van der Waals surface area contributed by atoms with Crippen LogP contribution in [-0.2, 0) is 20.8 Å². The van der Waals surface area contributed by atoms with Crippen LogP contribution in [0, 0.1) is 0 Å². The number of nitrogens with zero attached hydrogens (tertiary/aromatic N) is 3. The zero-order valence-electron chi connectivity index (χ0n) is 28.9. The highest BCUT2D eigenvalue weighted by Gasteiger charge is 2.76. The Kier molecular flexibility index (Phi) is 10.7. The molecule has 0 bridgehead atoms. The van der Waals surface area contributed by atoms with Crippen LogP contribution in [0.3, 0.4) is 0 Å². The smallest absolute Gasteiger partial charge is 0.465 e. The van der Waals surface area contributed by atoms with Gasteiger partial charge in [0.25, 0.3) is 0 Å². The largest absolute Gasteiger partial charge is 0.573 e. The fraction of sp³-hybridized carbons (Fsp3) is 0.189. The van der Waals surface area contributed by atoms with Crippen molar-refractivity contribution >= 4 is 39.6 Å². The number of para-hydroxylation sites is 1. The van der Waals surface area contributed by atoms with Gasteiger partial charge in [0.05, 0.1) is 23.6 Å². The third-order valence-corrected chi connectivity index (χ3v) is 10.4. The first-order chi connectivity index (χ1) is 27.7. The quantitative estimate of drug-likeness (QED) is 0.126. The molecule has 3 unspecified atom stereocenters. The molecule has 0 saturated heterocycles. The predicted octanol–water partition coefficient (Wildman–Crippen LogP) is 12.0. The molecule has 0 spiro atoms. The highest BCUT2D eigenvalue weighted by Crippen LogP contribution is 2.69. The Balaban J connectivity index is 1.79. The van der Waals surface area contributed by atoms with Crippen LogP contribution >= 0.6 is 22.7 Å². The molecule has 1 aliphatic rings. The van der Waals surface area contributed by atoms with Crippen LogP contribution in [0.2, 0.25) is 0 Å². The van der Waals surface area contributed by atoms with Gasteiger partial charge < -0.3 is 18.8 Å². The molecule has 0 radical (unpaired) electrons. The SMILES string of the molecule is FC(F)(F)Oc1ccc(C2=C(c3ccco3)C(c3cccs3)C(OC(F)(F)F)(c3nccs3)C(OC(F)(F)F)(c3ccccn3)N2c2ccccc2)cc1OC(F)(F)F. The van der Waals surface area contributed by atoms with Crippen LogP contribution in [0.1, 0.15) is 32.8 Å². The van der Waals surface area contributed by atoms with Gasteiger partial charge in [-0.1, -0.05) is 30.3 Å². The number of ether oxygens (including phenoxy) is 4. The number of benzene rings is 2. The summed E-state index contributed by atoms with van der Waals surface area (Å²) in [5, 5.41) is 1.78. The summed E-state index contributed by atoms with van der Waals surface area (Å²) in [6.45, 7) is 0. The molecule has 0 fully saturated rings. The number of hydrogen-bond donors (Lipinski definition) is 0. The van der Waals surface area contributed by atoms with E-state index in [1.165, 1.54) is 53.9 Å². The normalized spacial score (nSPS) is 20.5. The lowest BCUT2D eigenvalue weighted by atomic mass is 9.66. The second-order valence-corrected chi connectivity index (χ2v) is 14.0. The van der Waals surface area contributed by atoms with E-state index in [9.17, 15) is 26.3 Å². The van der Waals surface area contributed by atoms with Crippen molar-refractivity contribution < 1.29 is 76.0 Å². The van der Waals surface area contributed by atoms with Crippen LogP contribution < -0.4 is 14.4 Å². The van der Waals surface area contributed by atoms with Crippen molar-refractivity contribution in [2.45, 2.75) is 42.7 Å². The molecule has 310 valence electrons. The van der Waals surface area contributed by atoms with Gasteiger partial charge in [0.1, 0.15) is 10.8 Å². The molecule has 59 heavy (non-hydrogen) atoms. The molecule has 6 aromatic rings. The van der Waals surface area contributed by atoms with E-state index in [4.69, 9.17) is 13.9 Å². The Morgan fingerprint density at radius 2 is 1.32 bits per heavy atom. The van der Waals surface area contributed by atoms with Crippen LogP contribution in [-0.4, -0.2) is 35.4 Å². The highest BCUT2D eigenvalue weighted by atomic mass is 32.1. The van der Waals surface area contributed by atoms with E-state index in [1.54, 1.807) is 0 Å². The summed E-state index contributed by atoms with van der Waals surface area (Å²) in [7, 11) is 0. The van der Waals surface area contributed by atoms with Crippen LogP contribution in [0.5, 0.6) is 11.5 Å². The second kappa shape index (κ2) is 15.2. The number of thiophene rings is 1. The number of hydrogen-bond acceptors (Lipinski definition) is 10. The van der Waals surface area contributed by atoms with Crippen molar-refractivity contribution in [3.05, 3.63) is 147 Å². The minimum atomic E-state index is -5.91. The van der Waals surface area contributed by atoms with Crippen LogP contribution in [0.15, 0.2) is 125 Å². The van der Waals surface area contributed by atoms with E-state index in [0.717, 1.165) is 65.7 Å². The molecule has 5 heterocycles. The molecular weight excluding hydrogens is 859 g/mol. The van der Waals surface area contributed by atoms with Crippen molar-refractivity contribution in [1.29, 1.82) is 0 Å². The maximum Gasteiger partial charge on any atom is 0.573 e. The summed E-state index contributed by atoms with van der Waals surface area (Å²) >= 11 is 1.19. The molecule has 7 rings (SSSR count). The number of anilines is 1. The first kappa shape index (κ1) is 41.6. The molecule has 0 N–H and O–H groups in total. The molecule has 4 aromatic heterocycles. The molecule has 8 nitrogen and oxygen atoms in total. The zero-order valence-corrected chi connectivity index (χ0v) is 30.5. The van der Waals surface area contributed by atoms with E-state index < -0.39 is 87.4 Å². The van der Waals surface area contributed by atoms with Crippen molar-refractivity contribution in [1.82, 2.24) is 9.97 Å². The second-order valence-electron chi connectivity index (χ2n) is 12.1. The van der Waals surface area contributed by atoms with Gasteiger partial charge in [0.2, 0.25) is 5.72 Å². The monoisotopic (exact) mass is 879 g/mol. The van der Waals surface area contributed by atoms with Gasteiger partial charge in [0, 0.05) is 39.5 Å². The van der Waals surface area contributed by atoms with Gasteiger partial charge in [-0.15, -0.1) is 75.4 Å². The first-order valence-corrected chi connectivity index (χ1v) is 18.2. The molecule has 1 aliphatic heterocycles. The van der Waals surface area contributed by atoms with Gasteiger partial charge in [0.15, 0.2) is 17.1 Å².